The first-order valence-electron chi connectivity index (χ1n) is 7.67. The van der Waals surface area contributed by atoms with Crippen LogP contribution in [0.25, 0.3) is 0 Å². The number of nitrogens with one attached hydrogen (secondary N) is 1. The number of anilines is 1. The molecule has 2 rings (SSSR count). The van der Waals surface area contributed by atoms with E-state index < -0.39 is 0 Å². The lowest BCUT2D eigenvalue weighted by Gasteiger charge is -2.22. The van der Waals surface area contributed by atoms with Gasteiger partial charge in [-0.1, -0.05) is 24.6 Å². The maximum atomic E-state index is 3.80. The Morgan fingerprint density at radius 1 is 1.11 bits per heavy atom. The van der Waals surface area contributed by atoms with Crippen LogP contribution in [0.15, 0.2) is 12.1 Å². The normalized spacial score (nSPS) is 21.2. The second kappa shape index (κ2) is 6.42. The van der Waals surface area contributed by atoms with Gasteiger partial charge in [-0.2, -0.15) is 0 Å². The van der Waals surface area contributed by atoms with E-state index in [-0.39, 0.29) is 0 Å². The van der Waals surface area contributed by atoms with E-state index in [0.29, 0.717) is 6.04 Å². The van der Waals surface area contributed by atoms with Gasteiger partial charge in [-0.05, 0) is 64.3 Å². The molecule has 1 aromatic carbocycles. The lowest BCUT2D eigenvalue weighted by atomic mass is 10.0. The molecule has 1 unspecified atom stereocenters. The van der Waals surface area contributed by atoms with Gasteiger partial charge in [-0.15, -0.1) is 0 Å². The Kier molecular flexibility index (Phi) is 4.87. The Bertz CT molecular complexity index is 402. The Morgan fingerprint density at radius 3 is 2.42 bits per heavy atom. The van der Waals surface area contributed by atoms with Gasteiger partial charge in [0.25, 0.3) is 0 Å². The van der Waals surface area contributed by atoms with Crippen LogP contribution in [0.1, 0.15) is 42.9 Å². The second-order valence-corrected chi connectivity index (χ2v) is 5.98. The number of nitrogens with zero attached hydrogens (tertiary/aromatic N) is 1. The fraction of sp³-hybridized carbons (Fsp3) is 0.647. The summed E-state index contributed by atoms with van der Waals surface area (Å²) in [6.07, 6.45) is 3.87. The lowest BCUT2D eigenvalue weighted by Crippen LogP contribution is -2.26. The van der Waals surface area contributed by atoms with Gasteiger partial charge in [-0.3, -0.25) is 0 Å². The van der Waals surface area contributed by atoms with E-state index in [1.54, 1.807) is 0 Å². The first kappa shape index (κ1) is 14.4. The van der Waals surface area contributed by atoms with Crippen LogP contribution in [-0.4, -0.2) is 30.6 Å². The summed E-state index contributed by atoms with van der Waals surface area (Å²) < 4.78 is 0. The van der Waals surface area contributed by atoms with E-state index in [1.807, 2.05) is 0 Å². The fourth-order valence-electron chi connectivity index (χ4n) is 3.23. The van der Waals surface area contributed by atoms with E-state index in [4.69, 9.17) is 0 Å². The number of rotatable bonds is 3. The third kappa shape index (κ3) is 3.73. The van der Waals surface area contributed by atoms with Crippen LogP contribution in [0.5, 0.6) is 0 Å². The van der Waals surface area contributed by atoms with Crippen molar-refractivity contribution >= 4 is 5.69 Å². The maximum Gasteiger partial charge on any atom is 0.0401 e. The molecule has 1 atom stereocenters. The lowest BCUT2D eigenvalue weighted by molar-refractivity contribution is 0.300. The Hall–Kier alpha value is -1.02. The van der Waals surface area contributed by atoms with Crippen molar-refractivity contribution in [2.45, 2.75) is 53.0 Å². The van der Waals surface area contributed by atoms with Gasteiger partial charge in [0.05, 0.1) is 0 Å². The number of hydrogen-bond donors (Lipinski definition) is 1. The highest BCUT2D eigenvalue weighted by molar-refractivity contribution is 5.58. The first-order valence-corrected chi connectivity index (χ1v) is 7.67. The van der Waals surface area contributed by atoms with Crippen LogP contribution in [0.4, 0.5) is 5.69 Å². The molecule has 0 aromatic heterocycles. The van der Waals surface area contributed by atoms with Crippen molar-refractivity contribution in [2.75, 3.05) is 25.0 Å². The van der Waals surface area contributed by atoms with Gasteiger partial charge < -0.3 is 10.2 Å². The van der Waals surface area contributed by atoms with E-state index in [1.165, 1.54) is 61.3 Å². The SMILES string of the molecule is CCN1CCCC(Nc2c(C)cc(C)cc2C)CC1. The predicted molar refractivity (Wildman–Crippen MR) is 84.0 cm³/mol. The zero-order valence-electron chi connectivity index (χ0n) is 12.9. The van der Waals surface area contributed by atoms with Crippen molar-refractivity contribution in [1.82, 2.24) is 4.90 Å². The molecular formula is C17H28N2. The van der Waals surface area contributed by atoms with Crippen LogP contribution in [0, 0.1) is 20.8 Å². The number of hydrogen-bond acceptors (Lipinski definition) is 2. The monoisotopic (exact) mass is 260 g/mol. The van der Waals surface area contributed by atoms with Gasteiger partial charge in [0.15, 0.2) is 0 Å². The Morgan fingerprint density at radius 2 is 1.79 bits per heavy atom. The van der Waals surface area contributed by atoms with Gasteiger partial charge >= 0.3 is 0 Å². The molecule has 2 heteroatoms. The van der Waals surface area contributed by atoms with Crippen LogP contribution >= 0.6 is 0 Å². The first-order chi connectivity index (χ1) is 9.10. The van der Waals surface area contributed by atoms with E-state index >= 15 is 0 Å². The number of benzene rings is 1. The van der Waals surface area contributed by atoms with Crippen molar-refractivity contribution in [3.05, 3.63) is 28.8 Å². The number of likely N-dealkylation sites (tertiary alicyclic amines) is 1. The average molecular weight is 260 g/mol. The standard InChI is InChI=1S/C17H28N2/c1-5-19-9-6-7-16(8-10-19)18-17-14(3)11-13(2)12-15(17)4/h11-12,16,18H,5-10H2,1-4H3. The Labute approximate surface area is 118 Å². The molecule has 106 valence electrons. The molecule has 1 aliphatic heterocycles. The third-order valence-electron chi connectivity index (χ3n) is 4.29. The molecule has 0 spiro atoms. The van der Waals surface area contributed by atoms with Crippen LogP contribution < -0.4 is 5.32 Å². The molecular weight excluding hydrogens is 232 g/mol. The summed E-state index contributed by atoms with van der Waals surface area (Å²) in [6.45, 7) is 12.6. The largest absolute Gasteiger partial charge is 0.382 e. The molecule has 0 radical (unpaired) electrons. The summed E-state index contributed by atoms with van der Waals surface area (Å²) in [5.74, 6) is 0. The summed E-state index contributed by atoms with van der Waals surface area (Å²) in [4.78, 5) is 2.57. The summed E-state index contributed by atoms with van der Waals surface area (Å²) >= 11 is 0. The number of aryl methyl sites for hydroxylation is 3. The third-order valence-corrected chi connectivity index (χ3v) is 4.29. The summed E-state index contributed by atoms with van der Waals surface area (Å²) in [7, 11) is 0. The van der Waals surface area contributed by atoms with E-state index in [2.05, 4.69) is 50.0 Å². The van der Waals surface area contributed by atoms with Gasteiger partial charge in [0.1, 0.15) is 0 Å². The van der Waals surface area contributed by atoms with E-state index in [9.17, 15) is 0 Å². The molecule has 1 aromatic rings. The van der Waals surface area contributed by atoms with Crippen molar-refractivity contribution in [3.63, 3.8) is 0 Å². The highest BCUT2D eigenvalue weighted by Crippen LogP contribution is 2.25. The zero-order chi connectivity index (χ0) is 13.8. The minimum atomic E-state index is 0.636. The molecule has 0 amide bonds. The molecule has 1 N–H and O–H groups in total. The predicted octanol–water partition coefficient (Wildman–Crippen LogP) is 3.90. The molecule has 1 heterocycles. The van der Waals surface area contributed by atoms with Crippen LogP contribution in [0.3, 0.4) is 0 Å². The Balaban J connectivity index is 2.05. The molecule has 1 fully saturated rings. The van der Waals surface area contributed by atoms with Gasteiger partial charge in [-0.25, -0.2) is 0 Å². The topological polar surface area (TPSA) is 15.3 Å². The molecule has 2 nitrogen and oxygen atoms in total. The maximum absolute atomic E-state index is 3.80. The molecule has 0 bridgehead atoms. The fourth-order valence-corrected chi connectivity index (χ4v) is 3.23. The highest BCUT2D eigenvalue weighted by Gasteiger charge is 2.17. The summed E-state index contributed by atoms with van der Waals surface area (Å²) in [5, 5.41) is 3.80. The molecule has 1 saturated heterocycles. The quantitative estimate of drug-likeness (QED) is 0.886. The highest BCUT2D eigenvalue weighted by atomic mass is 15.1. The zero-order valence-corrected chi connectivity index (χ0v) is 12.9. The summed E-state index contributed by atoms with van der Waals surface area (Å²) in [5.41, 5.74) is 5.49. The smallest absolute Gasteiger partial charge is 0.0401 e. The average Bonchev–Trinajstić information content (AvgIpc) is 2.58. The molecule has 0 aliphatic carbocycles. The molecule has 19 heavy (non-hydrogen) atoms. The molecule has 0 saturated carbocycles. The minimum absolute atomic E-state index is 0.636. The van der Waals surface area contributed by atoms with Gasteiger partial charge in [0.2, 0.25) is 0 Å². The van der Waals surface area contributed by atoms with Crippen molar-refractivity contribution in [2.24, 2.45) is 0 Å². The summed E-state index contributed by atoms with van der Waals surface area (Å²) in [6, 6.07) is 5.20. The second-order valence-electron chi connectivity index (χ2n) is 5.98. The van der Waals surface area contributed by atoms with Crippen LogP contribution in [0.2, 0.25) is 0 Å². The molecule has 1 aliphatic rings. The van der Waals surface area contributed by atoms with Crippen molar-refractivity contribution < 1.29 is 0 Å². The van der Waals surface area contributed by atoms with Gasteiger partial charge in [0, 0.05) is 18.3 Å². The van der Waals surface area contributed by atoms with Crippen molar-refractivity contribution in [3.8, 4) is 0 Å². The minimum Gasteiger partial charge on any atom is -0.382 e. The van der Waals surface area contributed by atoms with Crippen molar-refractivity contribution in [1.29, 1.82) is 0 Å². The van der Waals surface area contributed by atoms with Crippen LogP contribution in [-0.2, 0) is 0 Å². The van der Waals surface area contributed by atoms with E-state index in [0.717, 1.165) is 0 Å².